The van der Waals surface area contributed by atoms with Crippen LogP contribution in [0.4, 0.5) is 0 Å². The smallest absolute Gasteiger partial charge is 0.340 e. The summed E-state index contributed by atoms with van der Waals surface area (Å²) >= 11 is 0. The Morgan fingerprint density at radius 2 is 1.86 bits per heavy atom. The van der Waals surface area contributed by atoms with Crippen molar-refractivity contribution < 1.29 is 23.5 Å². The molecule has 0 fully saturated rings. The molecule has 2 N–H and O–H groups in total. The van der Waals surface area contributed by atoms with E-state index < -0.39 is 23.5 Å². The highest BCUT2D eigenvalue weighted by molar-refractivity contribution is 5.97. The molecule has 1 aromatic carbocycles. The highest BCUT2D eigenvalue weighted by atomic mass is 16.4. The molecule has 0 radical (unpaired) electrons. The van der Waals surface area contributed by atoms with Gasteiger partial charge in [-0.1, -0.05) is 6.92 Å². The number of amides is 1. The van der Waals surface area contributed by atoms with E-state index in [1.165, 1.54) is 5.56 Å². The number of aliphatic carboxylic acids is 1. The fourth-order valence-electron chi connectivity index (χ4n) is 4.09. The first-order valence-electron chi connectivity index (χ1n) is 9.91. The van der Waals surface area contributed by atoms with E-state index >= 15 is 0 Å². The summed E-state index contributed by atoms with van der Waals surface area (Å²) in [6.07, 6.45) is 4.14. The van der Waals surface area contributed by atoms with Gasteiger partial charge in [0.05, 0.1) is 12.0 Å². The summed E-state index contributed by atoms with van der Waals surface area (Å²) in [5, 5.41) is 13.3. The Morgan fingerprint density at radius 1 is 1.14 bits per heavy atom. The first-order chi connectivity index (χ1) is 13.9. The highest BCUT2D eigenvalue weighted by Gasteiger charge is 2.22. The van der Waals surface area contributed by atoms with Gasteiger partial charge in [0.2, 0.25) is 5.91 Å². The van der Waals surface area contributed by atoms with Crippen LogP contribution in [0.5, 0.6) is 0 Å². The zero-order chi connectivity index (χ0) is 20.7. The topological polar surface area (TPSA) is 110 Å². The van der Waals surface area contributed by atoms with Crippen LogP contribution in [0.1, 0.15) is 48.6 Å². The van der Waals surface area contributed by atoms with Crippen molar-refractivity contribution in [3.8, 4) is 0 Å². The summed E-state index contributed by atoms with van der Waals surface area (Å²) in [5.41, 5.74) is 2.67. The molecule has 2 aromatic heterocycles. The Kier molecular flexibility index (Phi) is 4.90. The molecule has 4 rings (SSSR count). The molecule has 0 aliphatic heterocycles. The van der Waals surface area contributed by atoms with E-state index in [2.05, 4.69) is 5.32 Å². The number of carbonyl (C=O) groups excluding carboxylic acids is 1. The zero-order valence-corrected chi connectivity index (χ0v) is 16.5. The first kappa shape index (κ1) is 19.2. The Hall–Kier alpha value is -3.09. The van der Waals surface area contributed by atoms with Crippen LogP contribution >= 0.6 is 0 Å². The maximum Gasteiger partial charge on any atom is 0.340 e. The molecule has 0 unspecified atom stereocenters. The van der Waals surface area contributed by atoms with Gasteiger partial charge in [-0.15, -0.1) is 0 Å². The standard InChI is InChI=1S/C22H23NO6/c1-3-16(21(25)26)23-20(24)9-14-11(2)13-8-15-12-6-4-5-7-17(12)28-19(15)10-18(13)29-22(14)27/h8,10,16H,3-7,9H2,1-2H3,(H,23,24)(H,25,26)/t16-/m0/s1. The van der Waals surface area contributed by atoms with Gasteiger partial charge in [0.1, 0.15) is 23.0 Å². The number of furan rings is 1. The summed E-state index contributed by atoms with van der Waals surface area (Å²) in [6, 6.07) is 2.75. The van der Waals surface area contributed by atoms with E-state index in [1.54, 1.807) is 19.9 Å². The number of nitrogens with one attached hydrogen (secondary N) is 1. The van der Waals surface area contributed by atoms with Crippen molar-refractivity contribution in [3.63, 3.8) is 0 Å². The number of benzene rings is 1. The molecule has 152 valence electrons. The maximum absolute atomic E-state index is 12.5. The largest absolute Gasteiger partial charge is 0.480 e. The lowest BCUT2D eigenvalue weighted by Crippen LogP contribution is -2.41. The van der Waals surface area contributed by atoms with E-state index in [4.69, 9.17) is 13.9 Å². The predicted molar refractivity (Wildman–Crippen MR) is 107 cm³/mol. The van der Waals surface area contributed by atoms with Crippen LogP contribution in [0.2, 0.25) is 0 Å². The van der Waals surface area contributed by atoms with Crippen molar-refractivity contribution in [2.45, 2.75) is 58.4 Å². The van der Waals surface area contributed by atoms with Crippen molar-refractivity contribution in [2.75, 3.05) is 0 Å². The summed E-state index contributed by atoms with van der Waals surface area (Å²) in [4.78, 5) is 36.0. The van der Waals surface area contributed by atoms with Gasteiger partial charge in [-0.2, -0.15) is 0 Å². The number of carbonyl (C=O) groups is 2. The van der Waals surface area contributed by atoms with Crippen LogP contribution in [0.3, 0.4) is 0 Å². The van der Waals surface area contributed by atoms with E-state index in [0.29, 0.717) is 16.7 Å². The normalized spacial score (nSPS) is 14.7. The number of rotatable bonds is 5. The molecule has 0 bridgehead atoms. The minimum atomic E-state index is -1.10. The van der Waals surface area contributed by atoms with E-state index in [9.17, 15) is 14.4 Å². The number of fused-ring (bicyclic) bond motifs is 4. The fraction of sp³-hybridized carbons (Fsp3) is 0.409. The molecule has 1 aliphatic carbocycles. The van der Waals surface area contributed by atoms with E-state index in [1.807, 2.05) is 6.07 Å². The summed E-state index contributed by atoms with van der Waals surface area (Å²) in [7, 11) is 0. The SMILES string of the molecule is CC[C@H](NC(=O)Cc1c(C)c2cc3c4c(oc3cc2oc1=O)CCCC4)C(=O)O. The molecule has 1 atom stereocenters. The van der Waals surface area contributed by atoms with Crippen molar-refractivity contribution in [1.29, 1.82) is 0 Å². The van der Waals surface area contributed by atoms with Crippen LogP contribution in [0.25, 0.3) is 21.9 Å². The number of carboxylic acids is 1. The second-order valence-corrected chi connectivity index (χ2v) is 7.59. The molecule has 7 heteroatoms. The lowest BCUT2D eigenvalue weighted by atomic mass is 9.94. The van der Waals surface area contributed by atoms with Crippen LogP contribution in [-0.2, 0) is 28.9 Å². The minimum Gasteiger partial charge on any atom is -0.480 e. The minimum absolute atomic E-state index is 0.227. The van der Waals surface area contributed by atoms with Crippen LogP contribution in [0, 0.1) is 6.92 Å². The molecule has 29 heavy (non-hydrogen) atoms. The van der Waals surface area contributed by atoms with Gasteiger partial charge >= 0.3 is 11.6 Å². The molecule has 0 saturated heterocycles. The molecule has 1 amide bonds. The number of hydrogen-bond donors (Lipinski definition) is 2. The van der Waals surface area contributed by atoms with Crippen molar-refractivity contribution in [2.24, 2.45) is 0 Å². The lowest BCUT2D eigenvalue weighted by molar-refractivity contribution is -0.141. The number of aryl methyl sites for hydroxylation is 3. The Balaban J connectivity index is 1.75. The summed E-state index contributed by atoms with van der Waals surface area (Å²) < 4.78 is 11.5. The third-order valence-corrected chi connectivity index (χ3v) is 5.74. The number of hydrogen-bond acceptors (Lipinski definition) is 5. The second-order valence-electron chi connectivity index (χ2n) is 7.59. The molecule has 0 saturated carbocycles. The summed E-state index contributed by atoms with van der Waals surface area (Å²) in [5.74, 6) is -0.619. The molecular formula is C22H23NO6. The Bertz CT molecular complexity index is 1190. The number of carboxylic acid groups (broad SMARTS) is 1. The molecule has 2 heterocycles. The molecule has 3 aromatic rings. The first-order valence-corrected chi connectivity index (χ1v) is 9.91. The van der Waals surface area contributed by atoms with Crippen molar-refractivity contribution in [1.82, 2.24) is 5.32 Å². The third-order valence-electron chi connectivity index (χ3n) is 5.74. The lowest BCUT2D eigenvalue weighted by Gasteiger charge is -2.13. The Morgan fingerprint density at radius 3 is 2.59 bits per heavy atom. The van der Waals surface area contributed by atoms with Crippen LogP contribution < -0.4 is 10.9 Å². The van der Waals surface area contributed by atoms with Gasteiger partial charge in [0.15, 0.2) is 0 Å². The second kappa shape index (κ2) is 7.39. The van der Waals surface area contributed by atoms with Gasteiger partial charge in [-0.3, -0.25) is 4.79 Å². The summed E-state index contributed by atoms with van der Waals surface area (Å²) in [6.45, 7) is 3.46. The van der Waals surface area contributed by atoms with E-state index in [0.717, 1.165) is 42.2 Å². The zero-order valence-electron chi connectivity index (χ0n) is 16.5. The van der Waals surface area contributed by atoms with Gasteiger partial charge in [0.25, 0.3) is 0 Å². The maximum atomic E-state index is 12.5. The van der Waals surface area contributed by atoms with Gasteiger partial charge in [-0.25, -0.2) is 9.59 Å². The predicted octanol–water partition coefficient (Wildman–Crippen LogP) is 3.25. The average molecular weight is 397 g/mol. The third kappa shape index (κ3) is 3.41. The van der Waals surface area contributed by atoms with Crippen molar-refractivity contribution in [3.05, 3.63) is 45.0 Å². The monoisotopic (exact) mass is 397 g/mol. The van der Waals surface area contributed by atoms with E-state index in [-0.39, 0.29) is 18.4 Å². The van der Waals surface area contributed by atoms with Crippen molar-refractivity contribution >= 4 is 33.8 Å². The van der Waals surface area contributed by atoms with Gasteiger partial charge in [-0.05, 0) is 44.2 Å². The highest BCUT2D eigenvalue weighted by Crippen LogP contribution is 2.35. The molecular weight excluding hydrogens is 374 g/mol. The van der Waals surface area contributed by atoms with Crippen LogP contribution in [-0.4, -0.2) is 23.0 Å². The molecule has 7 nitrogen and oxygen atoms in total. The molecule has 0 spiro atoms. The van der Waals surface area contributed by atoms with Gasteiger partial charge < -0.3 is 19.3 Å². The average Bonchev–Trinajstić information content (AvgIpc) is 3.05. The van der Waals surface area contributed by atoms with Crippen LogP contribution in [0.15, 0.2) is 25.8 Å². The fourth-order valence-corrected chi connectivity index (χ4v) is 4.09. The van der Waals surface area contributed by atoms with Gasteiger partial charge in [0, 0.05) is 28.8 Å². The Labute approximate surface area is 166 Å². The molecule has 1 aliphatic rings. The quantitative estimate of drug-likeness (QED) is 0.640.